The molecular weight excluding hydrogens is 252 g/mol. The molecule has 116 valence electrons. The summed E-state index contributed by atoms with van der Waals surface area (Å²) in [6, 6.07) is 0.336. The molecule has 0 saturated heterocycles. The van der Waals surface area contributed by atoms with Gasteiger partial charge in [-0.3, -0.25) is 4.79 Å². The van der Waals surface area contributed by atoms with Gasteiger partial charge in [-0.05, 0) is 38.5 Å². The van der Waals surface area contributed by atoms with Gasteiger partial charge in [0.25, 0.3) is 0 Å². The largest absolute Gasteiger partial charge is 0.383 e. The first-order chi connectivity index (χ1) is 9.64. The zero-order chi connectivity index (χ0) is 14.6. The van der Waals surface area contributed by atoms with E-state index in [9.17, 15) is 4.79 Å². The zero-order valence-electron chi connectivity index (χ0n) is 13.1. The lowest BCUT2D eigenvalue weighted by Gasteiger charge is -2.41. The van der Waals surface area contributed by atoms with Crippen LogP contribution < -0.4 is 5.73 Å². The highest BCUT2D eigenvalue weighted by Gasteiger charge is 2.44. The van der Waals surface area contributed by atoms with Crippen LogP contribution in [0, 0.1) is 11.3 Å². The molecule has 0 heterocycles. The first-order valence-electron chi connectivity index (χ1n) is 8.15. The van der Waals surface area contributed by atoms with E-state index in [0.29, 0.717) is 31.7 Å². The molecule has 0 aliphatic heterocycles. The minimum Gasteiger partial charge on any atom is -0.383 e. The van der Waals surface area contributed by atoms with Crippen molar-refractivity contribution in [2.24, 2.45) is 17.1 Å². The van der Waals surface area contributed by atoms with Crippen molar-refractivity contribution < 1.29 is 9.53 Å². The Balaban J connectivity index is 2.10. The molecule has 2 aliphatic carbocycles. The maximum atomic E-state index is 13.1. The van der Waals surface area contributed by atoms with Gasteiger partial charge in [0.2, 0.25) is 5.91 Å². The number of carbonyl (C=O) groups is 1. The van der Waals surface area contributed by atoms with Crippen LogP contribution in [-0.4, -0.2) is 43.7 Å². The highest BCUT2D eigenvalue weighted by atomic mass is 16.5. The Morgan fingerprint density at radius 3 is 2.50 bits per heavy atom. The normalized spacial score (nSPS) is 23.4. The van der Waals surface area contributed by atoms with E-state index in [1.807, 2.05) is 0 Å². The van der Waals surface area contributed by atoms with Crippen LogP contribution >= 0.6 is 0 Å². The second-order valence-corrected chi connectivity index (χ2v) is 6.61. The molecule has 2 rings (SSSR count). The summed E-state index contributed by atoms with van der Waals surface area (Å²) in [5.41, 5.74) is 5.72. The van der Waals surface area contributed by atoms with Crippen LogP contribution in [0.1, 0.15) is 51.9 Å². The van der Waals surface area contributed by atoms with Gasteiger partial charge in [0.15, 0.2) is 0 Å². The molecule has 2 N–H and O–H groups in total. The van der Waals surface area contributed by atoms with Crippen molar-refractivity contribution in [1.29, 1.82) is 0 Å². The van der Waals surface area contributed by atoms with E-state index in [1.54, 1.807) is 7.11 Å². The van der Waals surface area contributed by atoms with Crippen molar-refractivity contribution in [2.45, 2.75) is 57.9 Å². The van der Waals surface area contributed by atoms with Crippen LogP contribution in [0.25, 0.3) is 0 Å². The van der Waals surface area contributed by atoms with Crippen LogP contribution in [0.3, 0.4) is 0 Å². The van der Waals surface area contributed by atoms with Gasteiger partial charge in [-0.15, -0.1) is 0 Å². The summed E-state index contributed by atoms with van der Waals surface area (Å²) in [7, 11) is 1.70. The van der Waals surface area contributed by atoms with Gasteiger partial charge in [-0.1, -0.05) is 19.3 Å². The van der Waals surface area contributed by atoms with Gasteiger partial charge in [-0.25, -0.2) is 0 Å². The minimum absolute atomic E-state index is 0.288. The standard InChI is InChI=1S/C16H30N2O2/c1-13(14-6-7-14)18(10-11-20-2)15(19)16(12-17)8-4-3-5-9-16/h13-14H,3-12,17H2,1-2H3. The summed E-state index contributed by atoms with van der Waals surface area (Å²) in [6.45, 7) is 4.00. The molecule has 0 aromatic rings. The number of hydrogen-bond donors (Lipinski definition) is 1. The number of amides is 1. The number of hydrogen-bond acceptors (Lipinski definition) is 3. The molecule has 4 nitrogen and oxygen atoms in total. The fourth-order valence-corrected chi connectivity index (χ4v) is 3.55. The zero-order valence-corrected chi connectivity index (χ0v) is 13.1. The number of ether oxygens (including phenoxy) is 1. The summed E-state index contributed by atoms with van der Waals surface area (Å²) in [6.07, 6.45) is 7.95. The van der Waals surface area contributed by atoms with Crippen molar-refractivity contribution in [1.82, 2.24) is 4.90 Å². The lowest BCUT2D eigenvalue weighted by molar-refractivity contribution is -0.147. The smallest absolute Gasteiger partial charge is 0.230 e. The highest BCUT2D eigenvalue weighted by Crippen LogP contribution is 2.40. The van der Waals surface area contributed by atoms with Crippen LogP contribution in [-0.2, 0) is 9.53 Å². The molecule has 1 unspecified atom stereocenters. The number of nitrogens with two attached hydrogens (primary N) is 1. The molecule has 0 bridgehead atoms. The Hall–Kier alpha value is -0.610. The number of carbonyl (C=O) groups excluding carboxylic acids is 1. The van der Waals surface area contributed by atoms with E-state index < -0.39 is 0 Å². The third kappa shape index (κ3) is 3.34. The van der Waals surface area contributed by atoms with Crippen LogP contribution in [0.5, 0.6) is 0 Å². The predicted octanol–water partition coefficient (Wildman–Crippen LogP) is 2.17. The third-order valence-electron chi connectivity index (χ3n) is 5.25. The first kappa shape index (κ1) is 15.8. The fourth-order valence-electron chi connectivity index (χ4n) is 3.55. The van der Waals surface area contributed by atoms with Crippen LogP contribution in [0.15, 0.2) is 0 Å². The van der Waals surface area contributed by atoms with Crippen molar-refractivity contribution >= 4 is 5.91 Å². The topological polar surface area (TPSA) is 55.6 Å². The van der Waals surface area contributed by atoms with Crippen LogP contribution in [0.4, 0.5) is 0 Å². The Bertz CT molecular complexity index is 322. The van der Waals surface area contributed by atoms with E-state index in [1.165, 1.54) is 19.3 Å². The molecule has 0 aromatic carbocycles. The Kier molecular flexibility index (Phi) is 5.44. The monoisotopic (exact) mass is 282 g/mol. The van der Waals surface area contributed by atoms with E-state index >= 15 is 0 Å². The maximum absolute atomic E-state index is 13.1. The molecular formula is C16H30N2O2. The molecule has 0 aromatic heterocycles. The molecule has 0 radical (unpaired) electrons. The molecule has 1 amide bonds. The molecule has 2 saturated carbocycles. The Morgan fingerprint density at radius 1 is 1.35 bits per heavy atom. The summed E-state index contributed by atoms with van der Waals surface area (Å²) in [5.74, 6) is 0.977. The quantitative estimate of drug-likeness (QED) is 0.778. The summed E-state index contributed by atoms with van der Waals surface area (Å²) >= 11 is 0. The average molecular weight is 282 g/mol. The van der Waals surface area contributed by atoms with Gasteiger partial charge in [0, 0.05) is 26.2 Å². The van der Waals surface area contributed by atoms with E-state index in [4.69, 9.17) is 10.5 Å². The van der Waals surface area contributed by atoms with Crippen molar-refractivity contribution in [2.75, 3.05) is 26.8 Å². The van der Waals surface area contributed by atoms with Crippen molar-refractivity contribution in [3.05, 3.63) is 0 Å². The predicted molar refractivity (Wildman–Crippen MR) is 80.3 cm³/mol. The van der Waals surface area contributed by atoms with E-state index in [-0.39, 0.29) is 11.3 Å². The minimum atomic E-state index is -0.296. The van der Waals surface area contributed by atoms with Gasteiger partial charge in [0.05, 0.1) is 12.0 Å². The average Bonchev–Trinajstić information content (AvgIpc) is 3.32. The molecule has 2 fully saturated rings. The summed E-state index contributed by atoms with van der Waals surface area (Å²) in [5, 5.41) is 0. The molecule has 1 atom stereocenters. The number of methoxy groups -OCH3 is 1. The van der Waals surface area contributed by atoms with E-state index in [2.05, 4.69) is 11.8 Å². The SMILES string of the molecule is COCCN(C(=O)C1(CN)CCCCC1)C(C)C1CC1. The number of nitrogens with zero attached hydrogens (tertiary/aromatic N) is 1. The fraction of sp³-hybridized carbons (Fsp3) is 0.938. The third-order valence-corrected chi connectivity index (χ3v) is 5.25. The van der Waals surface area contributed by atoms with Gasteiger partial charge < -0.3 is 15.4 Å². The first-order valence-corrected chi connectivity index (χ1v) is 8.15. The van der Waals surface area contributed by atoms with Crippen molar-refractivity contribution in [3.63, 3.8) is 0 Å². The lowest BCUT2D eigenvalue weighted by Crippen LogP contribution is -2.53. The maximum Gasteiger partial charge on any atom is 0.230 e. The highest BCUT2D eigenvalue weighted by molar-refractivity contribution is 5.83. The van der Waals surface area contributed by atoms with Gasteiger partial charge >= 0.3 is 0 Å². The summed E-state index contributed by atoms with van der Waals surface area (Å²) < 4.78 is 5.20. The Morgan fingerprint density at radius 2 is 2.00 bits per heavy atom. The second-order valence-electron chi connectivity index (χ2n) is 6.61. The Labute approximate surface area is 123 Å². The van der Waals surface area contributed by atoms with Gasteiger partial charge in [-0.2, -0.15) is 0 Å². The molecule has 0 spiro atoms. The van der Waals surface area contributed by atoms with Crippen LogP contribution in [0.2, 0.25) is 0 Å². The number of rotatable bonds is 7. The summed E-state index contributed by atoms with van der Waals surface area (Å²) in [4.78, 5) is 15.2. The van der Waals surface area contributed by atoms with Crippen molar-refractivity contribution in [3.8, 4) is 0 Å². The molecule has 2 aliphatic rings. The lowest BCUT2D eigenvalue weighted by atomic mass is 9.72. The second kappa shape index (κ2) is 6.90. The molecule has 4 heteroatoms. The molecule has 20 heavy (non-hydrogen) atoms. The van der Waals surface area contributed by atoms with Gasteiger partial charge in [0.1, 0.15) is 0 Å². The van der Waals surface area contributed by atoms with E-state index in [0.717, 1.165) is 25.7 Å².